The second-order valence-corrected chi connectivity index (χ2v) is 5.45. The first-order valence-electron chi connectivity index (χ1n) is 6.11. The number of aryl methyl sites for hydroxylation is 1. The zero-order valence-electron chi connectivity index (χ0n) is 10.8. The molecule has 0 aliphatic heterocycles. The molecule has 0 spiro atoms. The predicted octanol–water partition coefficient (Wildman–Crippen LogP) is 1.90. The standard InChI is InChI=1S/C14H12BrN4O/c1-18-13-6-7-19(8-12(13)16-17-18)9-14(20)10-2-4-11(15)5-3-10/h2-8H,9H2,1H3/q+1. The SMILES string of the molecule is Cn1nnc2c[n+](CC(=O)c3ccc(Br)cc3)ccc21. The van der Waals surface area contributed by atoms with E-state index in [1.165, 1.54) is 0 Å². The summed E-state index contributed by atoms with van der Waals surface area (Å²) in [4.78, 5) is 12.2. The van der Waals surface area contributed by atoms with E-state index >= 15 is 0 Å². The van der Waals surface area contributed by atoms with Crippen molar-refractivity contribution in [2.24, 2.45) is 7.05 Å². The summed E-state index contributed by atoms with van der Waals surface area (Å²) >= 11 is 3.36. The van der Waals surface area contributed by atoms with Gasteiger partial charge < -0.3 is 0 Å². The molecule has 3 rings (SSSR count). The van der Waals surface area contributed by atoms with Gasteiger partial charge in [-0.3, -0.25) is 4.79 Å². The van der Waals surface area contributed by atoms with Crippen molar-refractivity contribution in [3.63, 3.8) is 0 Å². The summed E-state index contributed by atoms with van der Waals surface area (Å²) in [7, 11) is 1.84. The van der Waals surface area contributed by atoms with Crippen molar-refractivity contribution < 1.29 is 9.36 Å². The van der Waals surface area contributed by atoms with E-state index in [1.54, 1.807) is 4.68 Å². The van der Waals surface area contributed by atoms with Crippen LogP contribution in [0.2, 0.25) is 0 Å². The van der Waals surface area contributed by atoms with Crippen LogP contribution in [0.4, 0.5) is 0 Å². The molecular weight excluding hydrogens is 320 g/mol. The molecule has 0 amide bonds. The molecule has 0 aliphatic rings. The number of hydrogen-bond acceptors (Lipinski definition) is 3. The van der Waals surface area contributed by atoms with Gasteiger partial charge in [-0.25, -0.2) is 4.68 Å². The Morgan fingerprint density at radius 3 is 2.80 bits per heavy atom. The fourth-order valence-corrected chi connectivity index (χ4v) is 2.29. The van der Waals surface area contributed by atoms with E-state index in [2.05, 4.69) is 26.2 Å². The minimum absolute atomic E-state index is 0.0609. The highest BCUT2D eigenvalue weighted by Gasteiger charge is 2.14. The molecule has 0 bridgehead atoms. The van der Waals surface area contributed by atoms with Crippen molar-refractivity contribution in [1.82, 2.24) is 15.0 Å². The second kappa shape index (κ2) is 5.13. The third-order valence-electron chi connectivity index (χ3n) is 3.10. The molecule has 20 heavy (non-hydrogen) atoms. The molecule has 0 N–H and O–H groups in total. The van der Waals surface area contributed by atoms with Crippen LogP contribution < -0.4 is 4.57 Å². The Bertz CT molecular complexity index is 779. The lowest BCUT2D eigenvalue weighted by molar-refractivity contribution is -0.681. The van der Waals surface area contributed by atoms with Gasteiger partial charge in [-0.1, -0.05) is 33.3 Å². The minimum atomic E-state index is 0.0609. The van der Waals surface area contributed by atoms with E-state index in [1.807, 2.05) is 54.3 Å². The quantitative estimate of drug-likeness (QED) is 0.544. The number of halogens is 1. The van der Waals surface area contributed by atoms with Gasteiger partial charge in [0, 0.05) is 23.2 Å². The molecule has 6 heteroatoms. The summed E-state index contributed by atoms with van der Waals surface area (Å²) in [6, 6.07) is 9.26. The van der Waals surface area contributed by atoms with Crippen LogP contribution in [0.15, 0.2) is 47.2 Å². The molecule has 3 aromatic rings. The number of pyridine rings is 1. The maximum absolute atomic E-state index is 12.2. The molecule has 0 unspecified atom stereocenters. The molecule has 2 heterocycles. The van der Waals surface area contributed by atoms with Crippen LogP contribution in [0.1, 0.15) is 10.4 Å². The second-order valence-electron chi connectivity index (χ2n) is 4.53. The number of hydrogen-bond donors (Lipinski definition) is 0. The molecular formula is C14H12BrN4O+. The minimum Gasteiger partial charge on any atom is -0.287 e. The normalized spacial score (nSPS) is 10.9. The monoisotopic (exact) mass is 331 g/mol. The molecule has 0 atom stereocenters. The fraction of sp³-hybridized carbons (Fsp3) is 0.143. The Balaban J connectivity index is 1.85. The summed E-state index contributed by atoms with van der Waals surface area (Å²) < 4.78 is 4.49. The van der Waals surface area contributed by atoms with E-state index in [9.17, 15) is 4.79 Å². The molecule has 0 radical (unpaired) electrons. The predicted molar refractivity (Wildman–Crippen MR) is 77.2 cm³/mol. The Kier molecular flexibility index (Phi) is 3.31. The van der Waals surface area contributed by atoms with Crippen molar-refractivity contribution in [2.75, 3.05) is 0 Å². The summed E-state index contributed by atoms with van der Waals surface area (Å²) in [6.07, 6.45) is 3.70. The zero-order chi connectivity index (χ0) is 14.1. The van der Waals surface area contributed by atoms with Crippen molar-refractivity contribution in [2.45, 2.75) is 6.54 Å². The van der Waals surface area contributed by atoms with Gasteiger partial charge in [0.25, 0.3) is 0 Å². The van der Waals surface area contributed by atoms with Gasteiger partial charge in [0.15, 0.2) is 17.9 Å². The number of nitrogens with zero attached hydrogens (tertiary/aromatic N) is 4. The van der Waals surface area contributed by atoms with Crippen LogP contribution in [0, 0.1) is 0 Å². The summed E-state index contributed by atoms with van der Waals surface area (Å²) in [5.74, 6) is 0.0609. The highest BCUT2D eigenvalue weighted by Crippen LogP contribution is 2.11. The summed E-state index contributed by atoms with van der Waals surface area (Å²) in [5.41, 5.74) is 2.41. The van der Waals surface area contributed by atoms with Crippen molar-refractivity contribution in [3.05, 3.63) is 52.8 Å². The van der Waals surface area contributed by atoms with E-state index in [4.69, 9.17) is 0 Å². The Morgan fingerprint density at radius 1 is 1.30 bits per heavy atom. The molecule has 100 valence electrons. The van der Waals surface area contributed by atoms with Crippen molar-refractivity contribution >= 4 is 32.7 Å². The number of rotatable bonds is 3. The maximum atomic E-state index is 12.2. The number of Topliss-reactive ketones (excluding diaryl/α,β-unsaturated/α-hetero) is 1. The Morgan fingerprint density at radius 2 is 2.05 bits per heavy atom. The zero-order valence-corrected chi connectivity index (χ0v) is 12.4. The van der Waals surface area contributed by atoms with E-state index in [0.717, 1.165) is 15.5 Å². The van der Waals surface area contributed by atoms with Crippen LogP contribution >= 0.6 is 15.9 Å². The highest BCUT2D eigenvalue weighted by atomic mass is 79.9. The van der Waals surface area contributed by atoms with Crippen LogP contribution in [-0.2, 0) is 13.6 Å². The van der Waals surface area contributed by atoms with Crippen molar-refractivity contribution in [1.29, 1.82) is 0 Å². The van der Waals surface area contributed by atoms with Gasteiger partial charge in [-0.2, -0.15) is 4.57 Å². The lowest BCUT2D eigenvalue weighted by Crippen LogP contribution is -2.37. The largest absolute Gasteiger partial charge is 0.287 e. The molecule has 5 nitrogen and oxygen atoms in total. The van der Waals surface area contributed by atoms with Crippen LogP contribution in [-0.4, -0.2) is 20.8 Å². The third-order valence-corrected chi connectivity index (χ3v) is 3.63. The maximum Gasteiger partial charge on any atom is 0.227 e. The van der Waals surface area contributed by atoms with Crippen LogP contribution in [0.5, 0.6) is 0 Å². The van der Waals surface area contributed by atoms with E-state index < -0.39 is 0 Å². The lowest BCUT2D eigenvalue weighted by Gasteiger charge is -1.99. The lowest BCUT2D eigenvalue weighted by atomic mass is 10.1. The molecule has 0 fully saturated rings. The first kappa shape index (κ1) is 12.9. The average Bonchev–Trinajstić information content (AvgIpc) is 2.81. The summed E-state index contributed by atoms with van der Waals surface area (Å²) in [6.45, 7) is 0.286. The number of carbonyl (C=O) groups excluding carboxylic acids is 1. The number of ketones is 1. The number of fused-ring (bicyclic) bond motifs is 1. The average molecular weight is 332 g/mol. The van der Waals surface area contributed by atoms with Crippen molar-refractivity contribution in [3.8, 4) is 0 Å². The summed E-state index contributed by atoms with van der Waals surface area (Å²) in [5, 5.41) is 7.99. The van der Waals surface area contributed by atoms with Gasteiger partial charge in [0.1, 0.15) is 5.52 Å². The molecule has 0 aliphatic carbocycles. The molecule has 0 saturated heterocycles. The van der Waals surface area contributed by atoms with Crippen LogP contribution in [0.25, 0.3) is 11.0 Å². The number of carbonyl (C=O) groups is 1. The fourth-order valence-electron chi connectivity index (χ4n) is 2.02. The third kappa shape index (κ3) is 2.46. The Labute approximate surface area is 124 Å². The molecule has 2 aromatic heterocycles. The van der Waals surface area contributed by atoms with Gasteiger partial charge in [0.05, 0.1) is 0 Å². The highest BCUT2D eigenvalue weighted by molar-refractivity contribution is 9.10. The van der Waals surface area contributed by atoms with Gasteiger partial charge >= 0.3 is 0 Å². The molecule has 0 saturated carbocycles. The van der Waals surface area contributed by atoms with E-state index in [-0.39, 0.29) is 12.3 Å². The number of benzene rings is 1. The topological polar surface area (TPSA) is 51.7 Å². The first-order valence-corrected chi connectivity index (χ1v) is 6.90. The van der Waals surface area contributed by atoms with Gasteiger partial charge in [0.2, 0.25) is 12.3 Å². The smallest absolute Gasteiger partial charge is 0.227 e. The van der Waals surface area contributed by atoms with Crippen LogP contribution in [0.3, 0.4) is 0 Å². The number of aromatic nitrogens is 4. The van der Waals surface area contributed by atoms with Gasteiger partial charge in [-0.05, 0) is 12.1 Å². The Hall–Kier alpha value is -2.08. The molecule has 1 aromatic carbocycles. The first-order chi connectivity index (χ1) is 9.63. The van der Waals surface area contributed by atoms with E-state index in [0.29, 0.717) is 5.56 Å². The van der Waals surface area contributed by atoms with Gasteiger partial charge in [-0.15, -0.1) is 5.10 Å².